The molecule has 0 bridgehead atoms. The normalized spacial score (nSPS) is 23.3. The van der Waals surface area contributed by atoms with Crippen molar-refractivity contribution in [1.29, 1.82) is 0 Å². The molecule has 196 valence electrons. The number of hydrogen-bond donors (Lipinski definition) is 1. The van der Waals surface area contributed by atoms with Gasteiger partial charge in [-0.25, -0.2) is 0 Å². The number of amides is 1. The van der Waals surface area contributed by atoms with Gasteiger partial charge >= 0.3 is 0 Å². The molecule has 0 radical (unpaired) electrons. The van der Waals surface area contributed by atoms with Crippen LogP contribution >= 0.6 is 0 Å². The summed E-state index contributed by atoms with van der Waals surface area (Å²) in [6.07, 6.45) is 5.28. The number of nitrogens with one attached hydrogen (secondary N) is 1. The third kappa shape index (κ3) is 6.25. The zero-order valence-corrected chi connectivity index (χ0v) is 23.8. The number of likely N-dealkylation sites (N-methyl/N-ethyl adjacent to an activating group) is 1. The number of hydrogen-bond acceptors (Lipinski definition) is 3. The molecular formula is C31H50N2O2. The van der Waals surface area contributed by atoms with Crippen molar-refractivity contribution in [2.45, 2.75) is 104 Å². The van der Waals surface area contributed by atoms with Gasteiger partial charge in [-0.3, -0.25) is 9.59 Å². The molecule has 2 rings (SSSR count). The largest absolute Gasteiger partial charge is 0.338 e. The number of ketones is 1. The molecule has 1 heterocycles. The van der Waals surface area contributed by atoms with E-state index in [1.807, 2.05) is 20.9 Å². The third-order valence-corrected chi connectivity index (χ3v) is 8.63. The maximum Gasteiger partial charge on any atom is 0.226 e. The standard InChI is InChI=1S/C31H50N2O2/c1-11-24(28(34)23(7)32-10)26(19-30(8,9)12-2)29(35)33-20-31(13-3,18-22(33)6)27-17-15-14-16-25(27)21(4)5/h13-17,21-24,26,32H,3,11-12,18-20H2,1-2,4-10H3. The fourth-order valence-corrected chi connectivity index (χ4v) is 5.87. The van der Waals surface area contributed by atoms with Crippen molar-refractivity contribution < 1.29 is 9.59 Å². The first kappa shape index (κ1) is 29.3. The summed E-state index contributed by atoms with van der Waals surface area (Å²) in [4.78, 5) is 29.8. The average Bonchev–Trinajstić information content (AvgIpc) is 3.20. The average molecular weight is 483 g/mol. The molecule has 4 heteroatoms. The van der Waals surface area contributed by atoms with Crippen LogP contribution in [0.25, 0.3) is 0 Å². The molecule has 0 saturated carbocycles. The highest BCUT2D eigenvalue weighted by Crippen LogP contribution is 2.44. The van der Waals surface area contributed by atoms with Crippen LogP contribution < -0.4 is 5.32 Å². The maximum absolute atomic E-state index is 14.3. The second-order valence-corrected chi connectivity index (χ2v) is 11.9. The Balaban J connectivity index is 2.50. The Bertz CT molecular complexity index is 890. The summed E-state index contributed by atoms with van der Waals surface area (Å²) < 4.78 is 0. The topological polar surface area (TPSA) is 49.4 Å². The number of likely N-dealkylation sites (tertiary alicyclic amines) is 1. The Labute approximate surface area is 214 Å². The molecule has 4 nitrogen and oxygen atoms in total. The number of carbonyl (C=O) groups is 2. The Hall–Kier alpha value is -1.94. The molecule has 0 aliphatic carbocycles. The van der Waals surface area contributed by atoms with Gasteiger partial charge in [0.15, 0.2) is 5.78 Å². The van der Waals surface area contributed by atoms with Gasteiger partial charge in [0.25, 0.3) is 0 Å². The first-order valence-corrected chi connectivity index (χ1v) is 13.6. The Morgan fingerprint density at radius 1 is 1.20 bits per heavy atom. The molecule has 1 aliphatic rings. The second kappa shape index (κ2) is 11.9. The first-order chi connectivity index (χ1) is 16.4. The lowest BCUT2D eigenvalue weighted by Crippen LogP contribution is -2.47. The van der Waals surface area contributed by atoms with Gasteiger partial charge in [0, 0.05) is 29.8 Å². The molecule has 0 aromatic heterocycles. The lowest BCUT2D eigenvalue weighted by Gasteiger charge is -2.37. The highest BCUT2D eigenvalue weighted by Gasteiger charge is 2.48. The van der Waals surface area contributed by atoms with Crippen LogP contribution in [0.15, 0.2) is 36.9 Å². The molecule has 35 heavy (non-hydrogen) atoms. The molecule has 1 aromatic carbocycles. The summed E-state index contributed by atoms with van der Waals surface area (Å²) in [5, 5.41) is 3.10. The fraction of sp³-hybridized carbons (Fsp3) is 0.677. The van der Waals surface area contributed by atoms with Gasteiger partial charge in [-0.1, -0.05) is 78.3 Å². The van der Waals surface area contributed by atoms with Crippen LogP contribution in [0.1, 0.15) is 98.1 Å². The van der Waals surface area contributed by atoms with Crippen molar-refractivity contribution in [1.82, 2.24) is 10.2 Å². The molecule has 0 spiro atoms. The molecule has 1 N–H and O–H groups in total. The summed E-state index contributed by atoms with van der Waals surface area (Å²) in [7, 11) is 1.81. The molecular weight excluding hydrogens is 432 g/mol. The minimum atomic E-state index is -0.318. The van der Waals surface area contributed by atoms with E-state index in [4.69, 9.17) is 0 Å². The highest BCUT2D eigenvalue weighted by atomic mass is 16.2. The van der Waals surface area contributed by atoms with E-state index in [2.05, 4.69) is 88.7 Å². The van der Waals surface area contributed by atoms with Crippen molar-refractivity contribution >= 4 is 11.7 Å². The van der Waals surface area contributed by atoms with Crippen molar-refractivity contribution in [3.63, 3.8) is 0 Å². The van der Waals surface area contributed by atoms with Crippen LogP contribution in [-0.4, -0.2) is 42.3 Å². The molecule has 1 aromatic rings. The Kier molecular flexibility index (Phi) is 9.93. The number of carbonyl (C=O) groups excluding carboxylic acids is 2. The first-order valence-electron chi connectivity index (χ1n) is 13.6. The van der Waals surface area contributed by atoms with E-state index < -0.39 is 0 Å². The zero-order valence-electron chi connectivity index (χ0n) is 23.8. The number of Topliss-reactive ketones (excluding diaryl/α,β-unsaturated/α-hetero) is 1. The van der Waals surface area contributed by atoms with Gasteiger partial charge in [0.1, 0.15) is 0 Å². The number of benzene rings is 1. The molecule has 5 atom stereocenters. The van der Waals surface area contributed by atoms with E-state index in [0.717, 1.165) is 19.3 Å². The Morgan fingerprint density at radius 3 is 2.34 bits per heavy atom. The van der Waals surface area contributed by atoms with Crippen LogP contribution in [0.2, 0.25) is 0 Å². The van der Waals surface area contributed by atoms with Crippen LogP contribution in [0.4, 0.5) is 0 Å². The summed E-state index contributed by atoms with van der Waals surface area (Å²) in [5.41, 5.74) is 2.32. The summed E-state index contributed by atoms with van der Waals surface area (Å²) in [6.45, 7) is 22.0. The quantitative estimate of drug-likeness (QED) is 0.346. The van der Waals surface area contributed by atoms with E-state index in [1.54, 1.807) is 0 Å². The minimum Gasteiger partial charge on any atom is -0.338 e. The van der Waals surface area contributed by atoms with Gasteiger partial charge in [0.05, 0.1) is 6.04 Å². The van der Waals surface area contributed by atoms with Gasteiger partial charge in [0.2, 0.25) is 5.91 Å². The van der Waals surface area contributed by atoms with E-state index in [9.17, 15) is 9.59 Å². The van der Waals surface area contributed by atoms with Crippen molar-refractivity contribution in [2.75, 3.05) is 13.6 Å². The van der Waals surface area contributed by atoms with Gasteiger partial charge in [-0.05, 0) is 62.6 Å². The SMILES string of the molecule is C=CC1(c2ccccc2C(C)C)CC(C)N(C(=O)C(CC(C)(C)CC)C(CC)C(=O)C(C)NC)C1. The van der Waals surface area contributed by atoms with Crippen LogP contribution in [-0.2, 0) is 15.0 Å². The van der Waals surface area contributed by atoms with Crippen LogP contribution in [0, 0.1) is 17.3 Å². The van der Waals surface area contributed by atoms with E-state index in [-0.39, 0.29) is 46.4 Å². The van der Waals surface area contributed by atoms with E-state index in [1.165, 1.54) is 11.1 Å². The second-order valence-electron chi connectivity index (χ2n) is 11.9. The predicted octanol–water partition coefficient (Wildman–Crippen LogP) is 6.50. The number of nitrogens with zero attached hydrogens (tertiary/aromatic N) is 1. The number of rotatable bonds is 12. The monoisotopic (exact) mass is 482 g/mol. The van der Waals surface area contributed by atoms with Gasteiger partial charge in [-0.2, -0.15) is 0 Å². The third-order valence-electron chi connectivity index (χ3n) is 8.63. The van der Waals surface area contributed by atoms with Gasteiger partial charge < -0.3 is 10.2 Å². The summed E-state index contributed by atoms with van der Waals surface area (Å²) in [6, 6.07) is 8.43. The molecule has 1 aliphatic heterocycles. The zero-order chi connectivity index (χ0) is 26.6. The Morgan fingerprint density at radius 2 is 1.83 bits per heavy atom. The van der Waals surface area contributed by atoms with Crippen molar-refractivity contribution in [3.8, 4) is 0 Å². The van der Waals surface area contributed by atoms with E-state index >= 15 is 0 Å². The molecule has 5 unspecified atom stereocenters. The highest BCUT2D eigenvalue weighted by molar-refractivity contribution is 5.92. The fourth-order valence-electron chi connectivity index (χ4n) is 5.87. The summed E-state index contributed by atoms with van der Waals surface area (Å²) in [5.74, 6) is 0.0677. The van der Waals surface area contributed by atoms with Crippen LogP contribution in [0.5, 0.6) is 0 Å². The van der Waals surface area contributed by atoms with Crippen molar-refractivity contribution in [2.24, 2.45) is 17.3 Å². The molecule has 1 amide bonds. The van der Waals surface area contributed by atoms with Gasteiger partial charge in [-0.15, -0.1) is 6.58 Å². The van der Waals surface area contributed by atoms with E-state index in [0.29, 0.717) is 18.9 Å². The van der Waals surface area contributed by atoms with Crippen LogP contribution in [0.3, 0.4) is 0 Å². The molecule has 1 fully saturated rings. The summed E-state index contributed by atoms with van der Waals surface area (Å²) >= 11 is 0. The van der Waals surface area contributed by atoms with Crippen molar-refractivity contribution in [3.05, 3.63) is 48.0 Å². The molecule has 1 saturated heterocycles. The smallest absolute Gasteiger partial charge is 0.226 e. The predicted molar refractivity (Wildman–Crippen MR) is 148 cm³/mol. The minimum absolute atomic E-state index is 0.0142. The maximum atomic E-state index is 14.3. The lowest BCUT2D eigenvalue weighted by atomic mass is 9.72. The lowest BCUT2D eigenvalue weighted by molar-refractivity contribution is -0.144.